The molecule has 0 bridgehead atoms. The molecule has 0 radical (unpaired) electrons. The first-order valence-electron chi connectivity index (χ1n) is 12.3. The minimum absolute atomic E-state index is 0.0935. The van der Waals surface area contributed by atoms with Crippen LogP contribution in [0, 0.1) is 12.8 Å². The van der Waals surface area contributed by atoms with E-state index in [9.17, 15) is 18.0 Å². The number of rotatable bonds is 13. The van der Waals surface area contributed by atoms with Gasteiger partial charge < -0.3 is 10.2 Å². The molecule has 1 N–H and O–H groups in total. The number of hydrogen-bond acceptors (Lipinski definition) is 4. The number of benzene rings is 2. The molecule has 2 aromatic carbocycles. The molecule has 0 unspecified atom stereocenters. The van der Waals surface area contributed by atoms with Crippen LogP contribution in [-0.4, -0.2) is 50.5 Å². The summed E-state index contributed by atoms with van der Waals surface area (Å²) in [6.45, 7) is 8.66. The maximum Gasteiger partial charge on any atom is 0.242 e. The minimum atomic E-state index is -3.53. The molecule has 36 heavy (non-hydrogen) atoms. The van der Waals surface area contributed by atoms with E-state index in [0.717, 1.165) is 17.4 Å². The van der Waals surface area contributed by atoms with E-state index in [1.54, 1.807) is 29.2 Å². The van der Waals surface area contributed by atoms with Gasteiger partial charge in [-0.2, -0.15) is 0 Å². The van der Waals surface area contributed by atoms with Gasteiger partial charge in [-0.3, -0.25) is 13.9 Å². The number of nitrogens with zero attached hydrogens (tertiary/aromatic N) is 2. The molecule has 0 heterocycles. The monoisotopic (exact) mass is 535 g/mol. The molecule has 0 spiro atoms. The lowest BCUT2D eigenvalue weighted by Gasteiger charge is -2.31. The number of anilines is 1. The van der Waals surface area contributed by atoms with Gasteiger partial charge in [0.15, 0.2) is 0 Å². The maximum atomic E-state index is 13.5. The molecule has 0 aliphatic carbocycles. The SMILES string of the molecule is CC[C@@H](C(=O)NCC(C)C)N(Cc1ccccc1Cl)C(=O)CCCN(c1cccc(C)c1)S(C)(=O)=O. The van der Waals surface area contributed by atoms with Crippen LogP contribution in [0.15, 0.2) is 48.5 Å². The molecule has 0 aromatic heterocycles. The summed E-state index contributed by atoms with van der Waals surface area (Å²) in [5.74, 6) is -0.147. The molecule has 0 saturated heterocycles. The Bertz CT molecular complexity index is 1140. The summed E-state index contributed by atoms with van der Waals surface area (Å²) in [4.78, 5) is 28.0. The highest BCUT2D eigenvalue weighted by Gasteiger charge is 2.29. The molecule has 2 aromatic rings. The highest BCUT2D eigenvalue weighted by molar-refractivity contribution is 7.92. The molecule has 1 atom stereocenters. The van der Waals surface area contributed by atoms with E-state index in [0.29, 0.717) is 30.1 Å². The van der Waals surface area contributed by atoms with Crippen molar-refractivity contribution in [3.63, 3.8) is 0 Å². The zero-order valence-electron chi connectivity index (χ0n) is 21.8. The predicted molar refractivity (Wildman–Crippen MR) is 147 cm³/mol. The van der Waals surface area contributed by atoms with E-state index < -0.39 is 16.1 Å². The molecule has 7 nitrogen and oxygen atoms in total. The Kier molecular flexibility index (Phi) is 11.2. The van der Waals surface area contributed by atoms with E-state index in [-0.39, 0.29) is 37.2 Å². The minimum Gasteiger partial charge on any atom is -0.354 e. The van der Waals surface area contributed by atoms with Crippen molar-refractivity contribution < 1.29 is 18.0 Å². The number of carbonyl (C=O) groups excluding carboxylic acids is 2. The molecule has 0 aliphatic rings. The summed E-state index contributed by atoms with van der Waals surface area (Å²) >= 11 is 6.37. The summed E-state index contributed by atoms with van der Waals surface area (Å²) in [6, 6.07) is 13.8. The van der Waals surface area contributed by atoms with Gasteiger partial charge in [-0.1, -0.05) is 62.7 Å². The van der Waals surface area contributed by atoms with Crippen LogP contribution in [0.3, 0.4) is 0 Å². The predicted octanol–water partition coefficient (Wildman–Crippen LogP) is 4.77. The summed E-state index contributed by atoms with van der Waals surface area (Å²) in [6.07, 6.45) is 2.01. The number of carbonyl (C=O) groups is 2. The molecule has 2 amide bonds. The number of amides is 2. The first kappa shape index (κ1) is 29.6. The average Bonchev–Trinajstić information content (AvgIpc) is 2.80. The summed E-state index contributed by atoms with van der Waals surface area (Å²) in [5.41, 5.74) is 2.26. The van der Waals surface area contributed by atoms with Gasteiger partial charge in [-0.25, -0.2) is 8.42 Å². The standard InChI is InChI=1S/C27H38ClN3O4S/c1-6-25(27(33)29-18-20(2)3)30(19-22-12-7-8-14-24(22)28)26(32)15-10-16-31(36(5,34)35)23-13-9-11-21(4)17-23/h7-9,11-14,17,20,25H,6,10,15-16,18-19H2,1-5H3,(H,29,33)/t25-/m0/s1. The van der Waals surface area contributed by atoms with Crippen molar-refractivity contribution in [1.82, 2.24) is 10.2 Å². The molecule has 0 aliphatic heterocycles. The van der Waals surface area contributed by atoms with Crippen molar-refractivity contribution in [2.45, 2.75) is 59.5 Å². The topological polar surface area (TPSA) is 86.8 Å². The second-order valence-corrected chi connectivity index (χ2v) is 11.8. The Morgan fingerprint density at radius 2 is 1.78 bits per heavy atom. The van der Waals surface area contributed by atoms with E-state index >= 15 is 0 Å². The molecule has 0 saturated carbocycles. The van der Waals surface area contributed by atoms with Gasteiger partial charge in [0, 0.05) is 31.1 Å². The quantitative estimate of drug-likeness (QED) is 0.400. The Hall–Kier alpha value is -2.58. The molecule has 9 heteroatoms. The number of nitrogens with one attached hydrogen (secondary N) is 1. The summed E-state index contributed by atoms with van der Waals surface area (Å²) in [5, 5.41) is 3.46. The number of sulfonamides is 1. The third-order valence-corrected chi connectivity index (χ3v) is 7.37. The summed E-state index contributed by atoms with van der Waals surface area (Å²) in [7, 11) is -3.53. The van der Waals surface area contributed by atoms with Crippen LogP contribution in [0.4, 0.5) is 5.69 Å². The van der Waals surface area contributed by atoms with Gasteiger partial charge in [0.1, 0.15) is 6.04 Å². The first-order chi connectivity index (χ1) is 16.9. The summed E-state index contributed by atoms with van der Waals surface area (Å²) < 4.78 is 26.2. The van der Waals surface area contributed by atoms with Crippen LogP contribution in [0.25, 0.3) is 0 Å². The number of hydrogen-bond donors (Lipinski definition) is 1. The molecule has 198 valence electrons. The zero-order valence-corrected chi connectivity index (χ0v) is 23.4. The van der Waals surface area contributed by atoms with Crippen molar-refractivity contribution in [3.8, 4) is 0 Å². The second-order valence-electron chi connectivity index (χ2n) is 9.45. The fraction of sp³-hybridized carbons (Fsp3) is 0.481. The van der Waals surface area contributed by atoms with Gasteiger partial charge in [0.25, 0.3) is 0 Å². The Labute approximate surface area is 220 Å². The van der Waals surface area contributed by atoms with Crippen LogP contribution in [0.1, 0.15) is 51.2 Å². The third kappa shape index (κ3) is 8.82. The van der Waals surface area contributed by atoms with Crippen molar-refractivity contribution >= 4 is 39.1 Å². The lowest BCUT2D eigenvalue weighted by molar-refractivity contribution is -0.141. The van der Waals surface area contributed by atoms with Gasteiger partial charge in [-0.15, -0.1) is 0 Å². The van der Waals surface area contributed by atoms with Gasteiger partial charge in [0.05, 0.1) is 11.9 Å². The molecular formula is C27H38ClN3O4S. The van der Waals surface area contributed by atoms with E-state index in [2.05, 4.69) is 5.32 Å². The van der Waals surface area contributed by atoms with Crippen LogP contribution in [-0.2, 0) is 26.2 Å². The average molecular weight is 536 g/mol. The molecular weight excluding hydrogens is 498 g/mol. The van der Waals surface area contributed by atoms with Crippen LogP contribution in [0.2, 0.25) is 5.02 Å². The van der Waals surface area contributed by atoms with E-state index in [1.165, 1.54) is 4.31 Å². The molecule has 0 fully saturated rings. The number of aryl methyl sites for hydroxylation is 1. The largest absolute Gasteiger partial charge is 0.354 e. The van der Waals surface area contributed by atoms with E-state index in [1.807, 2.05) is 52.0 Å². The third-order valence-electron chi connectivity index (χ3n) is 5.81. The molecule has 2 rings (SSSR count). The number of halogens is 1. The Morgan fingerprint density at radius 1 is 1.08 bits per heavy atom. The van der Waals surface area contributed by atoms with Crippen LogP contribution in [0.5, 0.6) is 0 Å². The smallest absolute Gasteiger partial charge is 0.242 e. The highest BCUT2D eigenvalue weighted by atomic mass is 35.5. The normalized spacial score (nSPS) is 12.3. The zero-order chi connectivity index (χ0) is 26.9. The maximum absolute atomic E-state index is 13.5. The first-order valence-corrected chi connectivity index (χ1v) is 14.5. The van der Waals surface area contributed by atoms with Crippen molar-refractivity contribution in [2.24, 2.45) is 5.92 Å². The Balaban J connectivity index is 2.22. The van der Waals surface area contributed by atoms with Gasteiger partial charge >= 0.3 is 0 Å². The fourth-order valence-electron chi connectivity index (χ4n) is 3.94. The lowest BCUT2D eigenvalue weighted by Crippen LogP contribution is -2.49. The van der Waals surface area contributed by atoms with Crippen molar-refractivity contribution in [3.05, 3.63) is 64.7 Å². The fourth-order valence-corrected chi connectivity index (χ4v) is 5.09. The lowest BCUT2D eigenvalue weighted by atomic mass is 10.1. The van der Waals surface area contributed by atoms with Gasteiger partial charge in [-0.05, 0) is 55.0 Å². The second kappa shape index (κ2) is 13.7. The Morgan fingerprint density at radius 3 is 2.36 bits per heavy atom. The van der Waals surface area contributed by atoms with Crippen molar-refractivity contribution in [1.29, 1.82) is 0 Å². The van der Waals surface area contributed by atoms with Crippen LogP contribution >= 0.6 is 11.6 Å². The van der Waals surface area contributed by atoms with Gasteiger partial charge in [0.2, 0.25) is 21.8 Å². The highest BCUT2D eigenvalue weighted by Crippen LogP contribution is 2.22. The van der Waals surface area contributed by atoms with E-state index in [4.69, 9.17) is 11.6 Å². The van der Waals surface area contributed by atoms with Crippen LogP contribution < -0.4 is 9.62 Å². The van der Waals surface area contributed by atoms with Crippen molar-refractivity contribution in [2.75, 3.05) is 23.7 Å².